The molecule has 1 aromatic rings. The van der Waals surface area contributed by atoms with Crippen molar-refractivity contribution >= 4 is 38.5 Å². The van der Waals surface area contributed by atoms with E-state index in [2.05, 4.69) is 31.5 Å². The summed E-state index contributed by atoms with van der Waals surface area (Å²) in [7, 11) is 0.797. The number of halogens is 1. The van der Waals surface area contributed by atoms with Crippen molar-refractivity contribution in [3.63, 3.8) is 0 Å². The average molecular weight is 320 g/mol. The van der Waals surface area contributed by atoms with Crippen molar-refractivity contribution in [2.75, 3.05) is 30.9 Å². The number of nitrogens with one attached hydrogen (secondary N) is 2. The van der Waals surface area contributed by atoms with E-state index in [1.54, 1.807) is 25.6 Å². The Labute approximate surface area is 111 Å². The second-order valence-electron chi connectivity index (χ2n) is 3.33. The highest BCUT2D eigenvalue weighted by Gasteiger charge is 2.12. The minimum atomic E-state index is -0.905. The summed E-state index contributed by atoms with van der Waals surface area (Å²) < 4.78 is 11.6. The van der Waals surface area contributed by atoms with Crippen LogP contribution in [0.2, 0.25) is 0 Å². The maximum Gasteiger partial charge on any atom is 0.255 e. The van der Waals surface area contributed by atoms with Crippen LogP contribution in [0.5, 0.6) is 0 Å². The number of hydrogen-bond acceptors (Lipinski definition) is 4. The normalized spacial score (nSPS) is 11.9. The fraction of sp³-hybridized carbons (Fsp3) is 0.400. The number of anilines is 1. The lowest BCUT2D eigenvalue weighted by Gasteiger charge is -2.08. The van der Waals surface area contributed by atoms with Crippen LogP contribution >= 0.6 is 15.9 Å². The number of hydrogen-bond donors (Lipinski definition) is 2. The van der Waals surface area contributed by atoms with Gasteiger partial charge in [-0.25, -0.2) is 4.98 Å². The van der Waals surface area contributed by atoms with Crippen LogP contribution in [0.1, 0.15) is 10.4 Å². The number of pyridine rings is 1. The van der Waals surface area contributed by atoms with Gasteiger partial charge in [0.05, 0.1) is 5.56 Å². The lowest BCUT2D eigenvalue weighted by Crippen LogP contribution is -2.28. The summed E-state index contributed by atoms with van der Waals surface area (Å²) in [5.41, 5.74) is 0.462. The van der Waals surface area contributed by atoms with E-state index >= 15 is 0 Å². The molecule has 0 radical (unpaired) electrons. The molecule has 1 unspecified atom stereocenters. The summed E-state index contributed by atoms with van der Waals surface area (Å²) in [4.78, 5) is 15.9. The number of carbonyl (C=O) groups excluding carboxylic acids is 1. The Morgan fingerprint density at radius 1 is 1.59 bits per heavy atom. The van der Waals surface area contributed by atoms with Crippen LogP contribution in [-0.4, -0.2) is 40.7 Å². The van der Waals surface area contributed by atoms with Gasteiger partial charge >= 0.3 is 0 Å². The van der Waals surface area contributed by atoms with Gasteiger partial charge in [-0.15, -0.1) is 0 Å². The highest BCUT2D eigenvalue weighted by molar-refractivity contribution is 9.10. The third kappa shape index (κ3) is 4.43. The maximum absolute atomic E-state index is 11.8. The van der Waals surface area contributed by atoms with Crippen LogP contribution in [0.4, 0.5) is 5.82 Å². The van der Waals surface area contributed by atoms with Gasteiger partial charge in [-0.2, -0.15) is 0 Å². The zero-order chi connectivity index (χ0) is 12.8. The molecule has 1 amide bonds. The van der Waals surface area contributed by atoms with E-state index in [9.17, 15) is 9.00 Å². The van der Waals surface area contributed by atoms with Gasteiger partial charge in [-0.3, -0.25) is 9.00 Å². The molecule has 0 aliphatic heterocycles. The molecule has 1 atom stereocenters. The molecule has 1 aromatic heterocycles. The van der Waals surface area contributed by atoms with Gasteiger partial charge in [0.1, 0.15) is 5.82 Å². The lowest BCUT2D eigenvalue weighted by atomic mass is 10.2. The monoisotopic (exact) mass is 319 g/mol. The topological polar surface area (TPSA) is 71.1 Å². The highest BCUT2D eigenvalue weighted by Crippen LogP contribution is 2.17. The van der Waals surface area contributed by atoms with Gasteiger partial charge in [0.25, 0.3) is 5.91 Å². The van der Waals surface area contributed by atoms with Gasteiger partial charge in [-0.05, 0) is 22.0 Å². The van der Waals surface area contributed by atoms with E-state index in [0.717, 1.165) is 4.47 Å². The molecule has 1 heterocycles. The molecule has 1 rings (SSSR count). The van der Waals surface area contributed by atoms with E-state index < -0.39 is 10.8 Å². The smallest absolute Gasteiger partial charge is 0.255 e. The van der Waals surface area contributed by atoms with Crippen LogP contribution in [0, 0.1) is 0 Å². The first-order chi connectivity index (χ1) is 8.04. The zero-order valence-electron chi connectivity index (χ0n) is 9.62. The Bertz CT molecular complexity index is 440. The Morgan fingerprint density at radius 3 is 2.88 bits per heavy atom. The van der Waals surface area contributed by atoms with Gasteiger partial charge < -0.3 is 10.6 Å². The molecular weight excluding hydrogens is 306 g/mol. The number of amides is 1. The number of rotatable bonds is 5. The number of aromatic nitrogens is 1. The van der Waals surface area contributed by atoms with E-state index in [-0.39, 0.29) is 5.91 Å². The van der Waals surface area contributed by atoms with Crippen LogP contribution in [-0.2, 0) is 10.8 Å². The van der Waals surface area contributed by atoms with Crippen molar-refractivity contribution in [2.24, 2.45) is 0 Å². The molecule has 94 valence electrons. The van der Waals surface area contributed by atoms with E-state index in [1.165, 1.54) is 0 Å². The molecule has 0 aliphatic carbocycles. The van der Waals surface area contributed by atoms with Gasteiger partial charge in [-0.1, -0.05) is 0 Å². The van der Waals surface area contributed by atoms with Crippen LogP contribution in [0.15, 0.2) is 16.7 Å². The van der Waals surface area contributed by atoms with E-state index in [4.69, 9.17) is 0 Å². The predicted octanol–water partition coefficient (Wildman–Crippen LogP) is 0.994. The third-order valence-electron chi connectivity index (χ3n) is 2.01. The fourth-order valence-electron chi connectivity index (χ4n) is 1.22. The quantitative estimate of drug-likeness (QED) is 0.849. The average Bonchev–Trinajstić information content (AvgIpc) is 2.28. The molecule has 0 fully saturated rings. The van der Waals surface area contributed by atoms with Gasteiger partial charge in [0.15, 0.2) is 0 Å². The standard InChI is InChI=1S/C10H14BrN3O2S/c1-12-9-8(5-7(11)6-14-9)10(15)13-3-4-17(2)16/h5-6H,3-4H2,1-2H3,(H,12,14)(H,13,15). The first-order valence-corrected chi connectivity index (χ1v) is 7.48. The largest absolute Gasteiger partial charge is 0.372 e. The summed E-state index contributed by atoms with van der Waals surface area (Å²) in [5.74, 6) is 0.735. The molecule has 0 aliphatic rings. The molecule has 17 heavy (non-hydrogen) atoms. The Balaban J connectivity index is 2.73. The molecule has 0 saturated heterocycles. The molecule has 0 aromatic carbocycles. The van der Waals surface area contributed by atoms with Crippen molar-refractivity contribution in [2.45, 2.75) is 0 Å². The molecule has 7 heteroatoms. The van der Waals surface area contributed by atoms with Crippen molar-refractivity contribution in [3.8, 4) is 0 Å². The molecule has 0 saturated carbocycles. The maximum atomic E-state index is 11.8. The molecular formula is C10H14BrN3O2S. The van der Waals surface area contributed by atoms with E-state index in [1.807, 2.05) is 0 Å². The Hall–Kier alpha value is -0.950. The van der Waals surface area contributed by atoms with Crippen LogP contribution in [0.3, 0.4) is 0 Å². The van der Waals surface area contributed by atoms with Crippen LogP contribution < -0.4 is 10.6 Å². The Kier molecular flexibility index (Phi) is 5.57. The first kappa shape index (κ1) is 14.1. The summed E-state index contributed by atoms with van der Waals surface area (Å²) in [6, 6.07) is 1.69. The summed E-state index contributed by atoms with van der Waals surface area (Å²) >= 11 is 3.27. The lowest BCUT2D eigenvalue weighted by molar-refractivity contribution is 0.0956. The summed E-state index contributed by atoms with van der Waals surface area (Å²) in [6.45, 7) is 0.387. The molecule has 2 N–H and O–H groups in total. The molecule has 0 spiro atoms. The summed E-state index contributed by atoms with van der Waals surface area (Å²) in [5, 5.41) is 5.55. The van der Waals surface area contributed by atoms with E-state index in [0.29, 0.717) is 23.7 Å². The minimum absolute atomic E-state index is 0.228. The van der Waals surface area contributed by atoms with Crippen molar-refractivity contribution in [3.05, 3.63) is 22.3 Å². The Morgan fingerprint density at radius 2 is 2.29 bits per heavy atom. The second-order valence-corrected chi connectivity index (χ2v) is 5.80. The predicted molar refractivity (Wildman–Crippen MR) is 72.8 cm³/mol. The van der Waals surface area contributed by atoms with Gasteiger partial charge in [0.2, 0.25) is 0 Å². The fourth-order valence-corrected chi connectivity index (χ4v) is 1.94. The highest BCUT2D eigenvalue weighted by atomic mass is 79.9. The molecule has 5 nitrogen and oxygen atoms in total. The molecule has 0 bridgehead atoms. The van der Waals surface area contributed by atoms with Crippen molar-refractivity contribution < 1.29 is 9.00 Å². The first-order valence-electron chi connectivity index (χ1n) is 4.96. The summed E-state index contributed by atoms with van der Waals surface area (Å²) in [6.07, 6.45) is 3.22. The number of nitrogens with zero attached hydrogens (tertiary/aromatic N) is 1. The van der Waals surface area contributed by atoms with Crippen molar-refractivity contribution in [1.29, 1.82) is 0 Å². The van der Waals surface area contributed by atoms with Gasteiger partial charge in [0, 0.05) is 47.1 Å². The minimum Gasteiger partial charge on any atom is -0.372 e. The van der Waals surface area contributed by atoms with Crippen LogP contribution in [0.25, 0.3) is 0 Å². The second kappa shape index (κ2) is 6.70. The van der Waals surface area contributed by atoms with Crippen molar-refractivity contribution in [1.82, 2.24) is 10.3 Å². The SMILES string of the molecule is CNc1ncc(Br)cc1C(=O)NCCS(C)=O. The number of carbonyl (C=O) groups is 1. The zero-order valence-corrected chi connectivity index (χ0v) is 12.0. The third-order valence-corrected chi connectivity index (χ3v) is 3.22.